The normalized spacial score (nSPS) is 11.2. The minimum absolute atomic E-state index is 0.0864. The van der Waals surface area contributed by atoms with Gasteiger partial charge in [-0.2, -0.15) is 0 Å². The molecule has 9 heteroatoms. The summed E-state index contributed by atoms with van der Waals surface area (Å²) in [6.45, 7) is 0.518. The highest BCUT2D eigenvalue weighted by Crippen LogP contribution is 2.28. The van der Waals surface area contributed by atoms with E-state index in [4.69, 9.17) is 9.84 Å². The van der Waals surface area contributed by atoms with Crippen molar-refractivity contribution in [2.75, 3.05) is 5.32 Å². The van der Waals surface area contributed by atoms with Crippen molar-refractivity contribution in [1.29, 1.82) is 0 Å². The summed E-state index contributed by atoms with van der Waals surface area (Å²) in [7, 11) is -3.93. The SMILES string of the molecule is O=C(O)Cc1ccc(Oc2ccc(NCc3ccccc3)cc2)c(CNS(=O)(=O)c2ccc(F)cc2)c1. The maximum atomic E-state index is 13.2. The largest absolute Gasteiger partial charge is 0.481 e. The Bertz CT molecular complexity index is 1460. The van der Waals surface area contributed by atoms with E-state index in [1.54, 1.807) is 30.3 Å². The number of carbonyl (C=O) groups is 1. The molecule has 4 rings (SSSR count). The quantitative estimate of drug-likeness (QED) is 0.247. The standard InChI is InChI=1S/C28H25FN2O5S/c29-23-7-13-26(14-8-23)37(34,35)31-19-22-16-21(17-28(32)33)6-15-27(22)36-25-11-9-24(10-12-25)30-18-20-4-2-1-3-5-20/h1-16,30-31H,17-19H2,(H,32,33). The van der Waals surface area contributed by atoms with E-state index in [1.165, 1.54) is 12.1 Å². The molecule has 0 radical (unpaired) electrons. The Morgan fingerprint density at radius 2 is 1.54 bits per heavy atom. The highest BCUT2D eigenvalue weighted by Gasteiger charge is 2.16. The van der Waals surface area contributed by atoms with Crippen molar-refractivity contribution in [3.05, 3.63) is 120 Å². The average molecular weight is 521 g/mol. The van der Waals surface area contributed by atoms with E-state index in [1.807, 2.05) is 42.5 Å². The number of carboxylic acids is 1. The molecule has 0 aliphatic carbocycles. The Kier molecular flexibility index (Phi) is 8.17. The van der Waals surface area contributed by atoms with Crippen LogP contribution in [0.25, 0.3) is 0 Å². The van der Waals surface area contributed by atoms with Crippen LogP contribution in [0, 0.1) is 5.82 Å². The van der Waals surface area contributed by atoms with Crippen LogP contribution in [0.5, 0.6) is 11.5 Å². The van der Waals surface area contributed by atoms with Gasteiger partial charge in [-0.3, -0.25) is 4.79 Å². The highest BCUT2D eigenvalue weighted by molar-refractivity contribution is 7.89. The molecule has 0 amide bonds. The maximum absolute atomic E-state index is 13.2. The smallest absolute Gasteiger partial charge is 0.307 e. The van der Waals surface area contributed by atoms with Crippen molar-refractivity contribution >= 4 is 21.7 Å². The summed E-state index contributed by atoms with van der Waals surface area (Å²) in [5.41, 5.74) is 3.00. The first-order valence-corrected chi connectivity index (χ1v) is 12.9. The summed E-state index contributed by atoms with van der Waals surface area (Å²) >= 11 is 0. The van der Waals surface area contributed by atoms with E-state index in [0.29, 0.717) is 29.2 Å². The third-order valence-corrected chi connectivity index (χ3v) is 6.90. The van der Waals surface area contributed by atoms with Crippen LogP contribution in [0.1, 0.15) is 16.7 Å². The summed E-state index contributed by atoms with van der Waals surface area (Å²) in [6, 6.07) is 26.6. The Morgan fingerprint density at radius 3 is 2.22 bits per heavy atom. The molecule has 0 fully saturated rings. The molecule has 0 saturated heterocycles. The zero-order valence-electron chi connectivity index (χ0n) is 19.7. The minimum Gasteiger partial charge on any atom is -0.481 e. The van der Waals surface area contributed by atoms with Crippen LogP contribution in [0.4, 0.5) is 10.1 Å². The van der Waals surface area contributed by atoms with Gasteiger partial charge in [-0.1, -0.05) is 42.5 Å². The van der Waals surface area contributed by atoms with Crippen molar-refractivity contribution in [3.8, 4) is 11.5 Å². The Morgan fingerprint density at radius 1 is 0.838 bits per heavy atom. The second kappa shape index (κ2) is 11.7. The minimum atomic E-state index is -3.93. The van der Waals surface area contributed by atoms with Crippen LogP contribution in [-0.2, 0) is 34.3 Å². The monoisotopic (exact) mass is 520 g/mol. The Hall–Kier alpha value is -4.21. The van der Waals surface area contributed by atoms with Crippen LogP contribution < -0.4 is 14.8 Å². The molecule has 0 aliphatic rings. The van der Waals surface area contributed by atoms with Crippen molar-refractivity contribution in [1.82, 2.24) is 4.72 Å². The number of ether oxygens (including phenoxy) is 1. The number of nitrogens with one attached hydrogen (secondary N) is 2. The molecule has 7 nitrogen and oxygen atoms in total. The molecule has 0 saturated carbocycles. The second-order valence-corrected chi connectivity index (χ2v) is 10.0. The zero-order valence-corrected chi connectivity index (χ0v) is 20.5. The first-order valence-electron chi connectivity index (χ1n) is 11.4. The van der Waals surface area contributed by atoms with Gasteiger partial charge < -0.3 is 15.2 Å². The molecule has 0 aromatic heterocycles. The number of hydrogen-bond donors (Lipinski definition) is 3. The van der Waals surface area contributed by atoms with Crippen LogP contribution >= 0.6 is 0 Å². The molecule has 3 N–H and O–H groups in total. The van der Waals surface area contributed by atoms with Gasteiger partial charge in [-0.25, -0.2) is 17.5 Å². The van der Waals surface area contributed by atoms with E-state index < -0.39 is 21.8 Å². The molecule has 0 spiro atoms. The van der Waals surface area contributed by atoms with Gasteiger partial charge in [-0.15, -0.1) is 0 Å². The fraction of sp³-hybridized carbons (Fsp3) is 0.107. The number of anilines is 1. The van der Waals surface area contributed by atoms with Gasteiger partial charge in [0, 0.05) is 24.3 Å². The topological polar surface area (TPSA) is 105 Å². The summed E-state index contributed by atoms with van der Waals surface area (Å²) in [4.78, 5) is 11.1. The molecule has 0 bridgehead atoms. The molecule has 190 valence electrons. The zero-order chi connectivity index (χ0) is 26.3. The Labute approximate surface area is 214 Å². The van der Waals surface area contributed by atoms with Gasteiger partial charge >= 0.3 is 5.97 Å². The van der Waals surface area contributed by atoms with Crippen LogP contribution in [0.3, 0.4) is 0 Å². The third-order valence-electron chi connectivity index (χ3n) is 5.48. The molecular weight excluding hydrogens is 495 g/mol. The first kappa shape index (κ1) is 25.9. The van der Waals surface area contributed by atoms with Gasteiger partial charge in [0.1, 0.15) is 17.3 Å². The second-order valence-electron chi connectivity index (χ2n) is 8.26. The lowest BCUT2D eigenvalue weighted by atomic mass is 10.1. The molecule has 4 aromatic carbocycles. The van der Waals surface area contributed by atoms with Crippen molar-refractivity contribution in [2.24, 2.45) is 0 Å². The van der Waals surface area contributed by atoms with E-state index in [0.717, 1.165) is 23.4 Å². The molecule has 0 heterocycles. The lowest BCUT2D eigenvalue weighted by molar-refractivity contribution is -0.136. The fourth-order valence-electron chi connectivity index (χ4n) is 3.59. The van der Waals surface area contributed by atoms with Gasteiger partial charge in [0.25, 0.3) is 0 Å². The first-order chi connectivity index (χ1) is 17.8. The summed E-state index contributed by atoms with van der Waals surface area (Å²) in [5, 5.41) is 12.5. The molecule has 37 heavy (non-hydrogen) atoms. The van der Waals surface area contributed by atoms with Crippen LogP contribution in [-0.4, -0.2) is 19.5 Å². The number of aliphatic carboxylic acids is 1. The third kappa shape index (κ3) is 7.39. The average Bonchev–Trinajstić information content (AvgIpc) is 2.89. The van der Waals surface area contributed by atoms with Crippen molar-refractivity contribution < 1.29 is 27.4 Å². The molecule has 0 aliphatic heterocycles. The number of hydrogen-bond acceptors (Lipinski definition) is 5. The van der Waals surface area contributed by atoms with E-state index in [9.17, 15) is 17.6 Å². The molecule has 0 unspecified atom stereocenters. The van der Waals surface area contributed by atoms with Crippen LogP contribution in [0.15, 0.2) is 102 Å². The number of halogens is 1. The van der Waals surface area contributed by atoms with Crippen LogP contribution in [0.2, 0.25) is 0 Å². The molecular formula is C28H25FN2O5S. The lowest BCUT2D eigenvalue weighted by Gasteiger charge is -2.14. The summed E-state index contributed by atoms with van der Waals surface area (Å²) in [5.74, 6) is -0.651. The number of rotatable bonds is 11. The number of benzene rings is 4. The lowest BCUT2D eigenvalue weighted by Crippen LogP contribution is -2.23. The predicted molar refractivity (Wildman–Crippen MR) is 138 cm³/mol. The number of carboxylic acid groups (broad SMARTS) is 1. The van der Waals surface area contributed by atoms with E-state index in [2.05, 4.69) is 10.0 Å². The summed E-state index contributed by atoms with van der Waals surface area (Å²) in [6.07, 6.45) is -0.222. The predicted octanol–water partition coefficient (Wildman–Crippen LogP) is 5.34. The van der Waals surface area contributed by atoms with Crippen molar-refractivity contribution in [2.45, 2.75) is 24.4 Å². The molecule has 0 atom stereocenters. The van der Waals surface area contributed by atoms with E-state index >= 15 is 0 Å². The Balaban J connectivity index is 1.49. The van der Waals surface area contributed by atoms with Gasteiger partial charge in [0.05, 0.1) is 11.3 Å². The van der Waals surface area contributed by atoms with Gasteiger partial charge in [-0.05, 0) is 65.7 Å². The van der Waals surface area contributed by atoms with E-state index in [-0.39, 0.29) is 17.9 Å². The summed E-state index contributed by atoms with van der Waals surface area (Å²) < 4.78 is 47.0. The van der Waals surface area contributed by atoms with Crippen molar-refractivity contribution in [3.63, 3.8) is 0 Å². The highest BCUT2D eigenvalue weighted by atomic mass is 32.2. The van der Waals surface area contributed by atoms with Gasteiger partial charge in [0.2, 0.25) is 10.0 Å². The number of sulfonamides is 1. The van der Waals surface area contributed by atoms with Gasteiger partial charge in [0.15, 0.2) is 0 Å². The molecule has 4 aromatic rings. The maximum Gasteiger partial charge on any atom is 0.307 e. The fourth-order valence-corrected chi connectivity index (χ4v) is 4.60.